The van der Waals surface area contributed by atoms with Crippen molar-refractivity contribution in [2.75, 3.05) is 7.05 Å². The molecule has 0 bridgehead atoms. The minimum atomic E-state index is -0.903. The number of benzene rings is 2. The molecule has 1 aliphatic heterocycles. The fourth-order valence-electron chi connectivity index (χ4n) is 5.17. The van der Waals surface area contributed by atoms with E-state index in [1.807, 2.05) is 49.1 Å². The highest BCUT2D eigenvalue weighted by Crippen LogP contribution is 2.44. The Labute approximate surface area is 198 Å². The fourth-order valence-corrected chi connectivity index (χ4v) is 5.17. The number of aromatic amines is 1. The third-order valence-electron chi connectivity index (χ3n) is 7.63. The van der Waals surface area contributed by atoms with Gasteiger partial charge in [-0.3, -0.25) is 14.7 Å². The summed E-state index contributed by atoms with van der Waals surface area (Å²) in [5.74, 6) is -0.141. The highest BCUT2D eigenvalue weighted by atomic mass is 19.1. The first-order chi connectivity index (χ1) is 16.2. The zero-order valence-corrected chi connectivity index (χ0v) is 19.9. The van der Waals surface area contributed by atoms with Crippen LogP contribution in [-0.4, -0.2) is 40.1 Å². The summed E-state index contributed by atoms with van der Waals surface area (Å²) in [4.78, 5) is 26.8. The molecule has 2 N–H and O–H groups in total. The van der Waals surface area contributed by atoms with Crippen LogP contribution >= 0.6 is 0 Å². The summed E-state index contributed by atoms with van der Waals surface area (Å²) in [6.07, 6.45) is 0.400. The molecule has 176 valence electrons. The number of fused-ring (bicyclic) bond motifs is 2. The van der Waals surface area contributed by atoms with Crippen molar-refractivity contribution in [3.63, 3.8) is 0 Å². The largest absolute Gasteiger partial charge is 0.355 e. The number of alkyl halides is 1. The molecule has 3 aromatic rings. The highest BCUT2D eigenvalue weighted by Gasteiger charge is 2.41. The van der Waals surface area contributed by atoms with Crippen molar-refractivity contribution in [1.29, 1.82) is 0 Å². The summed E-state index contributed by atoms with van der Waals surface area (Å²) in [6, 6.07) is 13.1. The number of H-pyrrole nitrogens is 1. The van der Waals surface area contributed by atoms with Gasteiger partial charge in [0.05, 0.1) is 11.7 Å². The second-order valence-electron chi connectivity index (χ2n) is 9.83. The Balaban J connectivity index is 1.39. The van der Waals surface area contributed by atoms with Crippen LogP contribution in [0.1, 0.15) is 69.9 Å². The SMILES string of the molecule is CNC(=O)c1ccc(C(C)N2Cc3cc(-c4n[nH]c5c4CC(C)(C(C)F)C5)ccc3C2=O)cc1. The van der Waals surface area contributed by atoms with Gasteiger partial charge >= 0.3 is 0 Å². The molecular formula is C27H29FN4O2. The maximum absolute atomic E-state index is 14.2. The lowest BCUT2D eigenvalue weighted by Crippen LogP contribution is -2.27. The van der Waals surface area contributed by atoms with E-state index < -0.39 is 11.6 Å². The van der Waals surface area contributed by atoms with Gasteiger partial charge in [0.2, 0.25) is 0 Å². The second kappa shape index (κ2) is 8.08. The topological polar surface area (TPSA) is 78.1 Å². The van der Waals surface area contributed by atoms with Crippen molar-refractivity contribution >= 4 is 11.8 Å². The molecule has 5 rings (SSSR count). The minimum Gasteiger partial charge on any atom is -0.355 e. The molecule has 0 radical (unpaired) electrons. The molecule has 1 aromatic heterocycles. The molecule has 3 atom stereocenters. The Hall–Kier alpha value is -3.48. The number of carbonyl (C=O) groups excluding carboxylic acids is 2. The van der Waals surface area contributed by atoms with Gasteiger partial charge in [0.15, 0.2) is 0 Å². The number of hydrogen-bond acceptors (Lipinski definition) is 3. The van der Waals surface area contributed by atoms with Crippen molar-refractivity contribution in [2.45, 2.75) is 52.4 Å². The van der Waals surface area contributed by atoms with Crippen molar-refractivity contribution in [3.8, 4) is 11.3 Å². The van der Waals surface area contributed by atoms with E-state index in [1.54, 1.807) is 26.1 Å². The predicted octanol–water partition coefficient (Wildman–Crippen LogP) is 4.62. The van der Waals surface area contributed by atoms with E-state index in [4.69, 9.17) is 0 Å². The van der Waals surface area contributed by atoms with E-state index in [0.29, 0.717) is 30.5 Å². The Kier molecular flexibility index (Phi) is 5.30. The molecule has 1 aliphatic carbocycles. The summed E-state index contributed by atoms with van der Waals surface area (Å²) in [5, 5.41) is 10.3. The number of hydrogen-bond donors (Lipinski definition) is 2. The van der Waals surface area contributed by atoms with Crippen LogP contribution in [0.4, 0.5) is 4.39 Å². The van der Waals surface area contributed by atoms with E-state index in [0.717, 1.165) is 33.6 Å². The molecule has 0 spiro atoms. The van der Waals surface area contributed by atoms with Crippen LogP contribution in [0.5, 0.6) is 0 Å². The normalized spacial score (nSPS) is 20.7. The fraction of sp³-hybridized carbons (Fsp3) is 0.370. The number of amides is 2. The van der Waals surface area contributed by atoms with Gasteiger partial charge in [-0.1, -0.05) is 25.1 Å². The molecule has 0 fully saturated rings. The van der Waals surface area contributed by atoms with Crippen LogP contribution in [0, 0.1) is 5.41 Å². The Bertz CT molecular complexity index is 1280. The third-order valence-corrected chi connectivity index (χ3v) is 7.63. The number of aromatic nitrogens is 2. The average Bonchev–Trinajstić information content (AvgIpc) is 3.48. The highest BCUT2D eigenvalue weighted by molar-refractivity contribution is 5.99. The zero-order chi connectivity index (χ0) is 24.2. The maximum atomic E-state index is 14.2. The molecule has 0 saturated heterocycles. The van der Waals surface area contributed by atoms with Crippen LogP contribution in [-0.2, 0) is 19.4 Å². The van der Waals surface area contributed by atoms with E-state index in [9.17, 15) is 14.0 Å². The summed E-state index contributed by atoms with van der Waals surface area (Å²) >= 11 is 0. The number of rotatable bonds is 5. The lowest BCUT2D eigenvalue weighted by atomic mass is 9.83. The number of nitrogens with one attached hydrogen (secondary N) is 2. The van der Waals surface area contributed by atoms with Crippen LogP contribution in [0.3, 0.4) is 0 Å². The number of halogens is 1. The molecule has 0 saturated carbocycles. The standard InChI is InChI=1S/C27H29FN4O2/c1-15(17-5-7-18(8-6-17)25(33)29-4)32-14-20-11-19(9-10-21(20)26(32)34)24-22-12-27(3,16(2)28)13-23(22)30-31-24/h5-11,15-16H,12-14H2,1-4H3,(H,29,33)(H,30,31). The number of carbonyl (C=O) groups is 2. The summed E-state index contributed by atoms with van der Waals surface area (Å²) in [6.45, 7) is 6.12. The lowest BCUT2D eigenvalue weighted by Gasteiger charge is -2.25. The van der Waals surface area contributed by atoms with Gasteiger partial charge in [-0.25, -0.2) is 4.39 Å². The molecule has 2 amide bonds. The number of nitrogens with zero attached hydrogens (tertiary/aromatic N) is 2. The molecule has 2 aromatic carbocycles. The van der Waals surface area contributed by atoms with E-state index in [-0.39, 0.29) is 17.9 Å². The van der Waals surface area contributed by atoms with Gasteiger partial charge in [0, 0.05) is 47.0 Å². The molecular weight excluding hydrogens is 431 g/mol. The third kappa shape index (κ3) is 3.50. The zero-order valence-electron chi connectivity index (χ0n) is 19.9. The van der Waals surface area contributed by atoms with Gasteiger partial charge in [-0.2, -0.15) is 5.10 Å². The Morgan fingerprint density at radius 3 is 2.59 bits per heavy atom. The molecule has 3 unspecified atom stereocenters. The van der Waals surface area contributed by atoms with Gasteiger partial charge in [0.1, 0.15) is 6.17 Å². The van der Waals surface area contributed by atoms with Gasteiger partial charge in [-0.15, -0.1) is 0 Å². The first kappa shape index (κ1) is 22.3. The van der Waals surface area contributed by atoms with Crippen molar-refractivity contribution < 1.29 is 14.0 Å². The first-order valence-electron chi connectivity index (χ1n) is 11.7. The monoisotopic (exact) mass is 460 g/mol. The molecule has 2 aliphatic rings. The summed E-state index contributed by atoms with van der Waals surface area (Å²) < 4.78 is 14.2. The quantitative estimate of drug-likeness (QED) is 0.583. The average molecular weight is 461 g/mol. The van der Waals surface area contributed by atoms with Crippen molar-refractivity contribution in [1.82, 2.24) is 20.4 Å². The summed E-state index contributed by atoms with van der Waals surface area (Å²) in [7, 11) is 1.60. The first-order valence-corrected chi connectivity index (χ1v) is 11.7. The van der Waals surface area contributed by atoms with E-state index >= 15 is 0 Å². The van der Waals surface area contributed by atoms with Gasteiger partial charge in [-0.05, 0) is 62.1 Å². The van der Waals surface area contributed by atoms with E-state index in [1.165, 1.54) is 0 Å². The minimum absolute atomic E-state index is 0.00415. The Morgan fingerprint density at radius 1 is 1.18 bits per heavy atom. The molecule has 6 nitrogen and oxygen atoms in total. The van der Waals surface area contributed by atoms with Crippen molar-refractivity contribution in [3.05, 3.63) is 76.0 Å². The summed E-state index contributed by atoms with van der Waals surface area (Å²) in [5.41, 5.74) is 6.70. The second-order valence-corrected chi connectivity index (χ2v) is 9.83. The van der Waals surface area contributed by atoms with Gasteiger partial charge < -0.3 is 10.2 Å². The maximum Gasteiger partial charge on any atom is 0.255 e. The molecule has 34 heavy (non-hydrogen) atoms. The van der Waals surface area contributed by atoms with Gasteiger partial charge in [0.25, 0.3) is 11.8 Å². The van der Waals surface area contributed by atoms with Crippen LogP contribution in [0.25, 0.3) is 11.3 Å². The predicted molar refractivity (Wildman–Crippen MR) is 128 cm³/mol. The smallest absolute Gasteiger partial charge is 0.255 e. The van der Waals surface area contributed by atoms with Crippen LogP contribution < -0.4 is 5.32 Å². The molecule has 7 heteroatoms. The Morgan fingerprint density at radius 2 is 1.91 bits per heavy atom. The van der Waals surface area contributed by atoms with Crippen LogP contribution in [0.15, 0.2) is 42.5 Å². The molecule has 2 heterocycles. The van der Waals surface area contributed by atoms with Crippen molar-refractivity contribution in [2.24, 2.45) is 5.41 Å². The van der Waals surface area contributed by atoms with E-state index in [2.05, 4.69) is 15.5 Å². The lowest BCUT2D eigenvalue weighted by molar-refractivity contribution is 0.0715. The van der Waals surface area contributed by atoms with Crippen LogP contribution in [0.2, 0.25) is 0 Å².